The molecule has 0 aromatic carbocycles. The third kappa shape index (κ3) is 6.43. The van der Waals surface area contributed by atoms with Crippen molar-refractivity contribution < 1.29 is 19.3 Å². The van der Waals surface area contributed by atoms with Gasteiger partial charge in [-0.3, -0.25) is 0 Å². The van der Waals surface area contributed by atoms with E-state index in [2.05, 4.69) is 0 Å². The fraction of sp³-hybridized carbons (Fsp3) is 1.00. The van der Waals surface area contributed by atoms with Crippen molar-refractivity contribution in [2.24, 2.45) is 0 Å². The van der Waals surface area contributed by atoms with Crippen molar-refractivity contribution in [2.45, 2.75) is 59.0 Å². The summed E-state index contributed by atoms with van der Waals surface area (Å²) in [6.07, 6.45) is 1.91. The van der Waals surface area contributed by atoms with Gasteiger partial charge in [-0.1, -0.05) is 20.8 Å². The summed E-state index contributed by atoms with van der Waals surface area (Å²) in [6.45, 7) is 9.20. The number of ether oxygens (including phenoxy) is 3. The third-order valence-electron chi connectivity index (χ3n) is 1.98. The standard InChI is InChI=1S/C12H26O4/c1-5-8-14-11(15-9-6-2)12(4,13)16-10-7-3/h11,13H,5-10H2,1-4H3. The lowest BCUT2D eigenvalue weighted by Crippen LogP contribution is -2.46. The van der Waals surface area contributed by atoms with Crippen LogP contribution in [-0.2, 0) is 14.2 Å². The van der Waals surface area contributed by atoms with Crippen LogP contribution in [0.25, 0.3) is 0 Å². The summed E-state index contributed by atoms with van der Waals surface area (Å²) in [5.74, 6) is -1.37. The van der Waals surface area contributed by atoms with Gasteiger partial charge in [-0.05, 0) is 26.2 Å². The molecule has 16 heavy (non-hydrogen) atoms. The smallest absolute Gasteiger partial charge is 0.215 e. The minimum atomic E-state index is -1.37. The maximum Gasteiger partial charge on any atom is 0.215 e. The van der Waals surface area contributed by atoms with Gasteiger partial charge in [-0.15, -0.1) is 0 Å². The van der Waals surface area contributed by atoms with Crippen LogP contribution >= 0.6 is 0 Å². The van der Waals surface area contributed by atoms with E-state index in [9.17, 15) is 5.11 Å². The molecular weight excluding hydrogens is 208 g/mol. The summed E-state index contributed by atoms with van der Waals surface area (Å²) in [6, 6.07) is 0. The fourth-order valence-electron chi connectivity index (χ4n) is 1.18. The van der Waals surface area contributed by atoms with Crippen molar-refractivity contribution in [3.8, 4) is 0 Å². The zero-order valence-corrected chi connectivity index (χ0v) is 11.0. The highest BCUT2D eigenvalue weighted by Gasteiger charge is 2.34. The number of hydrogen-bond acceptors (Lipinski definition) is 4. The highest BCUT2D eigenvalue weighted by Crippen LogP contribution is 2.17. The SMILES string of the molecule is CCCOC(OCCC)C(C)(O)OCCC. The summed E-state index contributed by atoms with van der Waals surface area (Å²) in [4.78, 5) is 0. The monoisotopic (exact) mass is 234 g/mol. The Morgan fingerprint density at radius 1 is 0.938 bits per heavy atom. The van der Waals surface area contributed by atoms with Gasteiger partial charge in [0.1, 0.15) is 0 Å². The van der Waals surface area contributed by atoms with Gasteiger partial charge in [0.05, 0.1) is 0 Å². The minimum Gasteiger partial charge on any atom is -0.362 e. The van der Waals surface area contributed by atoms with Crippen LogP contribution in [0.2, 0.25) is 0 Å². The number of aliphatic hydroxyl groups is 1. The molecule has 1 N–H and O–H groups in total. The molecule has 98 valence electrons. The first-order valence-electron chi connectivity index (χ1n) is 6.18. The third-order valence-corrected chi connectivity index (χ3v) is 1.98. The van der Waals surface area contributed by atoms with Crippen molar-refractivity contribution in [2.75, 3.05) is 19.8 Å². The van der Waals surface area contributed by atoms with Crippen LogP contribution in [0.3, 0.4) is 0 Å². The molecule has 0 radical (unpaired) electrons. The highest BCUT2D eigenvalue weighted by molar-refractivity contribution is 4.65. The molecule has 0 aromatic heterocycles. The summed E-state index contributed by atoms with van der Waals surface area (Å²) in [7, 11) is 0. The average Bonchev–Trinajstić information content (AvgIpc) is 2.26. The van der Waals surface area contributed by atoms with Crippen molar-refractivity contribution >= 4 is 0 Å². The molecular formula is C12H26O4. The molecule has 1 unspecified atom stereocenters. The van der Waals surface area contributed by atoms with Crippen molar-refractivity contribution in [3.63, 3.8) is 0 Å². The van der Waals surface area contributed by atoms with Crippen LogP contribution in [-0.4, -0.2) is 37.0 Å². The largest absolute Gasteiger partial charge is 0.362 e. The lowest BCUT2D eigenvalue weighted by atomic mass is 10.3. The van der Waals surface area contributed by atoms with Gasteiger partial charge in [-0.25, -0.2) is 0 Å². The van der Waals surface area contributed by atoms with E-state index in [1.807, 2.05) is 20.8 Å². The first kappa shape index (κ1) is 15.8. The Hall–Kier alpha value is -0.160. The minimum absolute atomic E-state index is 0.495. The number of rotatable bonds is 10. The molecule has 0 aliphatic rings. The lowest BCUT2D eigenvalue weighted by molar-refractivity contribution is -0.328. The van der Waals surface area contributed by atoms with Gasteiger partial charge >= 0.3 is 0 Å². The second-order valence-corrected chi connectivity index (χ2v) is 3.98. The molecule has 0 aliphatic heterocycles. The highest BCUT2D eigenvalue weighted by atomic mass is 16.7. The molecule has 1 atom stereocenters. The Morgan fingerprint density at radius 2 is 1.38 bits per heavy atom. The lowest BCUT2D eigenvalue weighted by Gasteiger charge is -2.32. The Kier molecular flexibility index (Phi) is 8.84. The van der Waals surface area contributed by atoms with E-state index in [1.54, 1.807) is 6.92 Å². The second kappa shape index (κ2) is 8.93. The molecule has 0 heterocycles. The molecule has 0 rings (SSSR count). The van der Waals surface area contributed by atoms with E-state index in [4.69, 9.17) is 14.2 Å². The Morgan fingerprint density at radius 3 is 1.75 bits per heavy atom. The second-order valence-electron chi connectivity index (χ2n) is 3.98. The van der Waals surface area contributed by atoms with Crippen LogP contribution in [0.1, 0.15) is 47.0 Å². The normalized spacial score (nSPS) is 15.4. The molecule has 4 heteroatoms. The molecule has 0 spiro atoms. The van der Waals surface area contributed by atoms with Gasteiger partial charge in [0.2, 0.25) is 12.1 Å². The maximum absolute atomic E-state index is 10.1. The van der Waals surface area contributed by atoms with Crippen molar-refractivity contribution in [1.82, 2.24) is 0 Å². The molecule has 0 saturated heterocycles. The zero-order chi connectivity index (χ0) is 12.4. The van der Waals surface area contributed by atoms with E-state index in [1.165, 1.54) is 0 Å². The van der Waals surface area contributed by atoms with Gasteiger partial charge in [0.15, 0.2) is 0 Å². The average molecular weight is 234 g/mol. The van der Waals surface area contributed by atoms with E-state index in [-0.39, 0.29) is 0 Å². The van der Waals surface area contributed by atoms with Gasteiger partial charge in [-0.2, -0.15) is 0 Å². The quantitative estimate of drug-likeness (QED) is 0.589. The topological polar surface area (TPSA) is 47.9 Å². The zero-order valence-electron chi connectivity index (χ0n) is 11.0. The summed E-state index contributed by atoms with van der Waals surface area (Å²) < 4.78 is 16.3. The van der Waals surface area contributed by atoms with Crippen LogP contribution in [0.4, 0.5) is 0 Å². The molecule has 0 aliphatic carbocycles. The molecule has 0 amide bonds. The van der Waals surface area contributed by atoms with Crippen LogP contribution in [0.15, 0.2) is 0 Å². The van der Waals surface area contributed by atoms with Crippen molar-refractivity contribution in [1.29, 1.82) is 0 Å². The van der Waals surface area contributed by atoms with Gasteiger partial charge < -0.3 is 19.3 Å². The van der Waals surface area contributed by atoms with E-state index < -0.39 is 12.1 Å². The van der Waals surface area contributed by atoms with Crippen LogP contribution in [0, 0.1) is 0 Å². The first-order chi connectivity index (χ1) is 7.58. The Balaban J connectivity index is 4.20. The van der Waals surface area contributed by atoms with Crippen LogP contribution < -0.4 is 0 Å². The summed E-state index contributed by atoms with van der Waals surface area (Å²) in [5, 5.41) is 10.1. The summed E-state index contributed by atoms with van der Waals surface area (Å²) in [5.41, 5.74) is 0. The fourth-order valence-corrected chi connectivity index (χ4v) is 1.18. The Bertz CT molecular complexity index is 151. The molecule has 0 saturated carbocycles. The summed E-state index contributed by atoms with van der Waals surface area (Å²) >= 11 is 0. The van der Waals surface area contributed by atoms with Crippen molar-refractivity contribution in [3.05, 3.63) is 0 Å². The molecule has 4 nitrogen and oxygen atoms in total. The van der Waals surface area contributed by atoms with E-state index in [0.717, 1.165) is 19.3 Å². The van der Waals surface area contributed by atoms with Gasteiger partial charge in [0.25, 0.3) is 0 Å². The predicted octanol–water partition coefficient (Wildman–Crippen LogP) is 2.30. The predicted molar refractivity (Wildman–Crippen MR) is 63.1 cm³/mol. The molecule has 0 bridgehead atoms. The first-order valence-corrected chi connectivity index (χ1v) is 6.18. The molecule has 0 aromatic rings. The molecule has 0 fully saturated rings. The van der Waals surface area contributed by atoms with E-state index in [0.29, 0.717) is 19.8 Å². The van der Waals surface area contributed by atoms with E-state index >= 15 is 0 Å². The maximum atomic E-state index is 10.1. The number of hydrogen-bond donors (Lipinski definition) is 1. The van der Waals surface area contributed by atoms with Gasteiger partial charge in [0, 0.05) is 19.8 Å². The Labute approximate surface area is 98.9 Å². The van der Waals surface area contributed by atoms with Crippen LogP contribution in [0.5, 0.6) is 0 Å².